The van der Waals surface area contributed by atoms with Crippen LogP contribution < -0.4 is 5.32 Å². The topological polar surface area (TPSA) is 119 Å². The lowest BCUT2D eigenvalue weighted by Crippen LogP contribution is -2.51. The van der Waals surface area contributed by atoms with Gasteiger partial charge in [0, 0.05) is 5.41 Å². The summed E-state index contributed by atoms with van der Waals surface area (Å²) in [6.07, 6.45) is 1.02. The third-order valence-electron chi connectivity index (χ3n) is 3.42. The van der Waals surface area contributed by atoms with Crippen LogP contribution in [0.25, 0.3) is 0 Å². The summed E-state index contributed by atoms with van der Waals surface area (Å²) in [6, 6.07) is -1.72. The van der Waals surface area contributed by atoms with Gasteiger partial charge in [0.2, 0.25) is 5.37 Å². The van der Waals surface area contributed by atoms with E-state index >= 15 is 0 Å². The number of carbonyl (C=O) groups is 3. The molecule has 0 saturated carbocycles. The molecule has 0 aliphatic carbocycles. The third-order valence-corrected chi connectivity index (χ3v) is 4.96. The Kier molecular flexibility index (Phi) is 6.79. The smallest absolute Gasteiger partial charge is 0.339 e. The van der Waals surface area contributed by atoms with E-state index in [-0.39, 0.29) is 5.41 Å². The number of carbonyl (C=O) groups excluding carboxylic acids is 1. The van der Waals surface area contributed by atoms with E-state index in [0.717, 1.165) is 16.8 Å². The SMILES string of the molecule is CCC[C@H](N[C@@H](C)C(=O)N1N=C(C(C)(C)C)S[C@H]1C(=O)O)C(=O)O. The summed E-state index contributed by atoms with van der Waals surface area (Å²) >= 11 is 1.03. The van der Waals surface area contributed by atoms with Crippen molar-refractivity contribution in [1.29, 1.82) is 0 Å². The van der Waals surface area contributed by atoms with Gasteiger partial charge in [0.25, 0.3) is 5.91 Å². The molecule has 0 fully saturated rings. The van der Waals surface area contributed by atoms with Gasteiger partial charge in [0.15, 0.2) is 0 Å². The summed E-state index contributed by atoms with van der Waals surface area (Å²) < 4.78 is 0. The zero-order valence-corrected chi connectivity index (χ0v) is 15.4. The van der Waals surface area contributed by atoms with E-state index < -0.39 is 35.3 Å². The van der Waals surface area contributed by atoms with Crippen molar-refractivity contribution in [2.75, 3.05) is 0 Å². The van der Waals surface area contributed by atoms with Crippen molar-refractivity contribution >= 4 is 34.7 Å². The molecule has 136 valence electrons. The highest BCUT2D eigenvalue weighted by atomic mass is 32.2. The molecule has 9 heteroatoms. The molecular weight excluding hydrogens is 334 g/mol. The van der Waals surface area contributed by atoms with E-state index in [2.05, 4.69) is 10.4 Å². The molecule has 1 rings (SSSR count). The Balaban J connectivity index is 2.95. The second kappa shape index (κ2) is 7.98. The molecule has 3 atom stereocenters. The number of thioether (sulfide) groups is 1. The normalized spacial score (nSPS) is 20.5. The maximum atomic E-state index is 12.6. The summed E-state index contributed by atoms with van der Waals surface area (Å²) in [6.45, 7) is 9.02. The van der Waals surface area contributed by atoms with Gasteiger partial charge in [0.1, 0.15) is 11.1 Å². The first-order chi connectivity index (χ1) is 11.0. The Bertz CT molecular complexity index is 544. The fraction of sp³-hybridized carbons (Fsp3) is 0.733. The van der Waals surface area contributed by atoms with E-state index in [1.165, 1.54) is 6.92 Å². The van der Waals surface area contributed by atoms with E-state index in [4.69, 9.17) is 0 Å². The highest BCUT2D eigenvalue weighted by molar-refractivity contribution is 8.15. The number of carboxylic acids is 2. The Morgan fingerprint density at radius 1 is 1.33 bits per heavy atom. The molecule has 3 N–H and O–H groups in total. The van der Waals surface area contributed by atoms with Gasteiger partial charge in [-0.3, -0.25) is 14.9 Å². The zero-order chi connectivity index (χ0) is 18.7. The largest absolute Gasteiger partial charge is 0.480 e. The number of hydrogen-bond donors (Lipinski definition) is 3. The number of hydrazone groups is 1. The first-order valence-corrected chi connectivity index (χ1v) is 8.67. The Labute approximate surface area is 145 Å². The van der Waals surface area contributed by atoms with Crippen molar-refractivity contribution in [3.8, 4) is 0 Å². The van der Waals surface area contributed by atoms with Crippen molar-refractivity contribution in [2.45, 2.75) is 64.9 Å². The van der Waals surface area contributed by atoms with Crippen LogP contribution in [0, 0.1) is 5.41 Å². The minimum atomic E-state index is -1.16. The summed E-state index contributed by atoms with van der Waals surface area (Å²) in [4.78, 5) is 35.2. The molecule has 0 aromatic carbocycles. The number of hydrogen-bond acceptors (Lipinski definition) is 6. The molecule has 8 nitrogen and oxygen atoms in total. The quantitative estimate of drug-likeness (QED) is 0.631. The van der Waals surface area contributed by atoms with Gasteiger partial charge in [-0.25, -0.2) is 9.80 Å². The van der Waals surface area contributed by atoms with Crippen molar-refractivity contribution in [2.24, 2.45) is 10.5 Å². The average molecular weight is 359 g/mol. The molecule has 0 spiro atoms. The standard InChI is InChI=1S/C15H25N3O5S/c1-6-7-9(12(20)21)16-8(2)10(19)18-11(13(22)23)24-14(17-18)15(3,4)5/h8-9,11,16H,6-7H2,1-5H3,(H,20,21)(H,22,23)/t8-,9-,11-/m0/s1. The summed E-state index contributed by atoms with van der Waals surface area (Å²) in [7, 11) is 0. The van der Waals surface area contributed by atoms with E-state index in [1.807, 2.05) is 27.7 Å². The lowest BCUT2D eigenvalue weighted by Gasteiger charge is -2.24. The summed E-state index contributed by atoms with van der Waals surface area (Å²) in [5.41, 5.74) is -0.379. The van der Waals surface area contributed by atoms with Gasteiger partial charge in [-0.1, -0.05) is 45.9 Å². The monoisotopic (exact) mass is 359 g/mol. The maximum absolute atomic E-state index is 12.6. The molecule has 1 heterocycles. The molecule has 1 amide bonds. The Morgan fingerprint density at radius 3 is 2.33 bits per heavy atom. The average Bonchev–Trinajstić information content (AvgIpc) is 2.91. The number of amides is 1. The zero-order valence-electron chi connectivity index (χ0n) is 14.6. The molecule has 0 unspecified atom stereocenters. The first kappa shape index (κ1) is 20.4. The van der Waals surface area contributed by atoms with Crippen LogP contribution in [0.15, 0.2) is 5.10 Å². The molecule has 1 aliphatic rings. The predicted molar refractivity (Wildman–Crippen MR) is 91.7 cm³/mol. The molecular formula is C15H25N3O5S. The van der Waals surface area contributed by atoms with Crippen molar-refractivity contribution < 1.29 is 24.6 Å². The minimum absolute atomic E-state index is 0.376. The molecule has 1 aliphatic heterocycles. The lowest BCUT2D eigenvalue weighted by atomic mass is 9.99. The first-order valence-electron chi connectivity index (χ1n) is 7.79. The molecule has 0 bridgehead atoms. The lowest BCUT2D eigenvalue weighted by molar-refractivity contribution is -0.147. The number of aliphatic carboxylic acids is 2. The van der Waals surface area contributed by atoms with Gasteiger partial charge < -0.3 is 10.2 Å². The van der Waals surface area contributed by atoms with Crippen LogP contribution in [0.4, 0.5) is 0 Å². The molecule has 24 heavy (non-hydrogen) atoms. The molecule has 0 aromatic rings. The van der Waals surface area contributed by atoms with Crippen LogP contribution in [-0.2, 0) is 14.4 Å². The second-order valence-electron chi connectivity index (χ2n) is 6.71. The van der Waals surface area contributed by atoms with E-state index in [9.17, 15) is 24.6 Å². The van der Waals surface area contributed by atoms with Crippen LogP contribution in [0.2, 0.25) is 0 Å². The number of nitrogens with one attached hydrogen (secondary N) is 1. The van der Waals surface area contributed by atoms with E-state index in [0.29, 0.717) is 17.9 Å². The van der Waals surface area contributed by atoms with Gasteiger partial charge in [-0.05, 0) is 13.3 Å². The summed E-state index contributed by atoms with van der Waals surface area (Å²) in [5, 5.41) is 25.8. The molecule has 0 aromatic heterocycles. The maximum Gasteiger partial charge on any atom is 0.339 e. The fourth-order valence-electron chi connectivity index (χ4n) is 2.11. The fourth-order valence-corrected chi connectivity index (χ4v) is 3.17. The molecule has 0 saturated heterocycles. The minimum Gasteiger partial charge on any atom is -0.480 e. The predicted octanol–water partition coefficient (Wildman–Crippen LogP) is 1.56. The summed E-state index contributed by atoms with van der Waals surface area (Å²) in [5.74, 6) is -2.76. The molecule has 0 radical (unpaired) electrons. The van der Waals surface area contributed by atoms with Gasteiger partial charge >= 0.3 is 11.9 Å². The number of rotatable bonds is 7. The Morgan fingerprint density at radius 2 is 1.92 bits per heavy atom. The highest BCUT2D eigenvalue weighted by Crippen LogP contribution is 2.35. The van der Waals surface area contributed by atoms with E-state index in [1.54, 1.807) is 0 Å². The van der Waals surface area contributed by atoms with Crippen molar-refractivity contribution in [3.63, 3.8) is 0 Å². The number of nitrogens with zero attached hydrogens (tertiary/aromatic N) is 2. The van der Waals surface area contributed by atoms with Crippen molar-refractivity contribution in [1.82, 2.24) is 10.3 Å². The number of carboxylic acid groups (broad SMARTS) is 2. The Hall–Kier alpha value is -1.61. The van der Waals surface area contributed by atoms with Crippen LogP contribution in [-0.4, -0.2) is 55.6 Å². The van der Waals surface area contributed by atoms with Gasteiger partial charge in [0.05, 0.1) is 6.04 Å². The van der Waals surface area contributed by atoms with Crippen LogP contribution in [0.5, 0.6) is 0 Å². The highest BCUT2D eigenvalue weighted by Gasteiger charge is 2.42. The van der Waals surface area contributed by atoms with Crippen LogP contribution in [0.1, 0.15) is 47.5 Å². The second-order valence-corrected chi connectivity index (χ2v) is 7.78. The van der Waals surface area contributed by atoms with Crippen LogP contribution >= 0.6 is 11.8 Å². The van der Waals surface area contributed by atoms with Crippen LogP contribution in [0.3, 0.4) is 0 Å². The third kappa shape index (κ3) is 4.94. The van der Waals surface area contributed by atoms with Gasteiger partial charge in [-0.15, -0.1) is 0 Å². The van der Waals surface area contributed by atoms with Crippen molar-refractivity contribution in [3.05, 3.63) is 0 Å². The van der Waals surface area contributed by atoms with Gasteiger partial charge in [-0.2, -0.15) is 5.10 Å².